The number of alkyl halides is 1. The Morgan fingerprint density at radius 3 is 2.79 bits per heavy atom. The third-order valence-corrected chi connectivity index (χ3v) is 7.24. The van der Waals surface area contributed by atoms with Crippen LogP contribution in [-0.2, 0) is 16.1 Å². The first-order valence-corrected chi connectivity index (χ1v) is 11.2. The monoisotopic (exact) mass is 457 g/mol. The van der Waals surface area contributed by atoms with Crippen LogP contribution in [0.25, 0.3) is 5.65 Å². The average Bonchev–Trinajstić information content (AvgIpc) is 3.50. The van der Waals surface area contributed by atoms with Gasteiger partial charge in [-0.25, -0.2) is 4.39 Å². The van der Waals surface area contributed by atoms with E-state index in [0.717, 1.165) is 17.4 Å². The lowest BCUT2D eigenvalue weighted by Gasteiger charge is -2.25. The molecule has 2 saturated carbocycles. The summed E-state index contributed by atoms with van der Waals surface area (Å²) < 4.78 is 22.3. The molecule has 0 radical (unpaired) electrons. The number of rotatable bonds is 6. The smallest absolute Gasteiger partial charge is 0.291 e. The van der Waals surface area contributed by atoms with Crippen molar-refractivity contribution in [2.24, 2.45) is 11.7 Å². The molecule has 2 aliphatic carbocycles. The van der Waals surface area contributed by atoms with Crippen molar-refractivity contribution in [3.05, 3.63) is 39.8 Å². The number of allylic oxidation sites excluding steroid dienone is 1. The van der Waals surface area contributed by atoms with Gasteiger partial charge in [0.15, 0.2) is 5.56 Å². The molecule has 3 N–H and O–H groups in total. The molecule has 4 atom stereocenters. The van der Waals surface area contributed by atoms with E-state index in [9.17, 15) is 23.9 Å². The Labute approximate surface area is 187 Å². The van der Waals surface area contributed by atoms with Crippen molar-refractivity contribution in [3.63, 3.8) is 0 Å². The molecule has 2 bridgehead atoms. The Balaban J connectivity index is 1.27. The predicted octanol–water partition coefficient (Wildman–Crippen LogP) is 0.462. The van der Waals surface area contributed by atoms with E-state index in [2.05, 4.69) is 5.10 Å². The van der Waals surface area contributed by atoms with E-state index in [1.165, 1.54) is 4.57 Å². The van der Waals surface area contributed by atoms with Gasteiger partial charge in [0.25, 0.3) is 11.5 Å². The van der Waals surface area contributed by atoms with Crippen molar-refractivity contribution in [1.29, 1.82) is 0 Å². The number of aromatic nitrogens is 3. The SMILES string of the molecule is NC(=O)c1c(O)n(CC2(F)CC2)c2cc(C3CC3/C=C/C(=O)N3C[C@@H]4C[C@H]3CO4)nn2c1=O. The normalized spacial score (nSPS) is 29.3. The highest BCUT2D eigenvalue weighted by Gasteiger charge is 2.45. The molecule has 0 aromatic carbocycles. The number of hydrogen-bond acceptors (Lipinski definition) is 6. The Morgan fingerprint density at radius 2 is 2.15 bits per heavy atom. The van der Waals surface area contributed by atoms with Crippen LogP contribution in [0.15, 0.2) is 23.0 Å². The molecule has 33 heavy (non-hydrogen) atoms. The first-order chi connectivity index (χ1) is 15.7. The van der Waals surface area contributed by atoms with Gasteiger partial charge in [0.1, 0.15) is 11.3 Å². The van der Waals surface area contributed by atoms with Gasteiger partial charge in [-0.3, -0.25) is 19.0 Å². The fraction of sp³-hybridized carbons (Fsp3) is 0.545. The minimum absolute atomic E-state index is 0.0143. The molecule has 2 saturated heterocycles. The zero-order chi connectivity index (χ0) is 23.1. The highest BCUT2D eigenvalue weighted by Crippen LogP contribution is 2.48. The summed E-state index contributed by atoms with van der Waals surface area (Å²) in [6, 6.07) is 1.79. The molecule has 10 nitrogen and oxygen atoms in total. The summed E-state index contributed by atoms with van der Waals surface area (Å²) in [5.74, 6) is -1.70. The maximum Gasteiger partial charge on any atom is 0.291 e. The second-order valence-electron chi connectivity index (χ2n) is 9.64. The van der Waals surface area contributed by atoms with E-state index in [0.29, 0.717) is 31.7 Å². The molecular weight excluding hydrogens is 433 g/mol. The van der Waals surface area contributed by atoms with E-state index in [1.54, 1.807) is 12.1 Å². The molecule has 2 aromatic rings. The van der Waals surface area contributed by atoms with Crippen LogP contribution in [0.2, 0.25) is 0 Å². The molecule has 6 rings (SSSR count). The Bertz CT molecular complexity index is 1280. The van der Waals surface area contributed by atoms with Crippen molar-refractivity contribution in [2.75, 3.05) is 13.2 Å². The van der Waals surface area contributed by atoms with Gasteiger partial charge in [0.2, 0.25) is 11.8 Å². The van der Waals surface area contributed by atoms with Crippen LogP contribution >= 0.6 is 0 Å². The number of fused-ring (bicyclic) bond motifs is 3. The van der Waals surface area contributed by atoms with Crippen molar-refractivity contribution in [1.82, 2.24) is 19.1 Å². The van der Waals surface area contributed by atoms with Gasteiger partial charge in [-0.05, 0) is 37.7 Å². The molecule has 2 aliphatic heterocycles. The second-order valence-corrected chi connectivity index (χ2v) is 9.64. The molecule has 2 aromatic heterocycles. The number of amides is 2. The van der Waals surface area contributed by atoms with Crippen LogP contribution in [0.5, 0.6) is 5.88 Å². The van der Waals surface area contributed by atoms with Gasteiger partial charge in [-0.2, -0.15) is 9.61 Å². The number of nitrogens with two attached hydrogens (primary N) is 1. The standard InChI is InChI=1S/C22H24FN5O5/c23-22(3-4-22)10-27-16-7-15(25-28(16)21(32)18(19(24)30)20(27)31)14-5-11(14)1-2-17(29)26-8-13-6-12(26)9-33-13/h1-2,7,11-14,31H,3-6,8-10H2,(H2,24,30)/b2-1+/t11?,12-,13-,14?/m0/s1. The topological polar surface area (TPSA) is 132 Å². The van der Waals surface area contributed by atoms with E-state index in [1.807, 2.05) is 11.0 Å². The summed E-state index contributed by atoms with van der Waals surface area (Å²) >= 11 is 0. The number of ether oxygens (including phenoxy) is 1. The molecule has 2 unspecified atom stereocenters. The Morgan fingerprint density at radius 1 is 1.36 bits per heavy atom. The van der Waals surface area contributed by atoms with Crippen LogP contribution < -0.4 is 11.3 Å². The fourth-order valence-electron chi connectivity index (χ4n) is 5.04. The molecule has 4 fully saturated rings. The Kier molecular flexibility index (Phi) is 4.26. The average molecular weight is 457 g/mol. The number of halogens is 1. The van der Waals surface area contributed by atoms with Crippen LogP contribution in [0.4, 0.5) is 4.39 Å². The fourth-order valence-corrected chi connectivity index (χ4v) is 5.04. The summed E-state index contributed by atoms with van der Waals surface area (Å²) in [6.07, 6.45) is 5.93. The first kappa shape index (κ1) is 20.4. The van der Waals surface area contributed by atoms with Crippen molar-refractivity contribution >= 4 is 17.5 Å². The minimum Gasteiger partial charge on any atom is -0.494 e. The number of nitrogens with zero attached hydrogens (tertiary/aromatic N) is 4. The number of aromatic hydroxyl groups is 1. The van der Waals surface area contributed by atoms with E-state index < -0.39 is 28.6 Å². The van der Waals surface area contributed by atoms with Crippen molar-refractivity contribution in [2.45, 2.75) is 56.0 Å². The minimum atomic E-state index is -1.49. The number of carbonyl (C=O) groups excluding carboxylic acids is 2. The highest BCUT2D eigenvalue weighted by atomic mass is 19.1. The second kappa shape index (κ2) is 6.89. The maximum atomic E-state index is 14.5. The molecule has 11 heteroatoms. The largest absolute Gasteiger partial charge is 0.494 e. The summed E-state index contributed by atoms with van der Waals surface area (Å²) in [5.41, 5.74) is 3.16. The summed E-state index contributed by atoms with van der Waals surface area (Å²) in [5, 5.41) is 14.9. The molecule has 0 spiro atoms. The lowest BCUT2D eigenvalue weighted by Crippen LogP contribution is -2.40. The van der Waals surface area contributed by atoms with E-state index in [4.69, 9.17) is 10.5 Å². The van der Waals surface area contributed by atoms with Crippen LogP contribution in [-0.4, -0.2) is 67.0 Å². The number of carbonyl (C=O) groups is 2. The first-order valence-electron chi connectivity index (χ1n) is 11.2. The maximum absolute atomic E-state index is 14.5. The molecule has 2 amide bonds. The third kappa shape index (κ3) is 3.33. The van der Waals surface area contributed by atoms with E-state index >= 15 is 0 Å². The van der Waals surface area contributed by atoms with Gasteiger partial charge >= 0.3 is 0 Å². The summed E-state index contributed by atoms with van der Waals surface area (Å²) in [6.45, 7) is 1.02. The van der Waals surface area contributed by atoms with Gasteiger partial charge < -0.3 is 20.5 Å². The number of primary amides is 1. The quantitative estimate of drug-likeness (QED) is 0.606. The van der Waals surface area contributed by atoms with Gasteiger partial charge in [0.05, 0.1) is 31.0 Å². The van der Waals surface area contributed by atoms with Crippen LogP contribution in [0.3, 0.4) is 0 Å². The lowest BCUT2D eigenvalue weighted by molar-refractivity contribution is -0.130. The van der Waals surface area contributed by atoms with Crippen molar-refractivity contribution in [3.8, 4) is 5.88 Å². The number of hydrogen-bond donors (Lipinski definition) is 2. The molecule has 174 valence electrons. The zero-order valence-corrected chi connectivity index (χ0v) is 17.8. The number of likely N-dealkylation sites (tertiary alicyclic amines) is 1. The molecule has 4 heterocycles. The van der Waals surface area contributed by atoms with Gasteiger partial charge in [-0.1, -0.05) is 6.08 Å². The van der Waals surface area contributed by atoms with Crippen molar-refractivity contribution < 1.29 is 23.8 Å². The lowest BCUT2D eigenvalue weighted by atomic mass is 10.2. The molecular formula is C22H24FN5O5. The Hall–Kier alpha value is -3.21. The van der Waals surface area contributed by atoms with Gasteiger partial charge in [-0.15, -0.1) is 0 Å². The third-order valence-electron chi connectivity index (χ3n) is 7.24. The summed E-state index contributed by atoms with van der Waals surface area (Å²) in [4.78, 5) is 38.9. The highest BCUT2D eigenvalue weighted by molar-refractivity contribution is 5.95. The van der Waals surface area contributed by atoms with E-state index in [-0.39, 0.29) is 42.1 Å². The predicted molar refractivity (Wildman–Crippen MR) is 113 cm³/mol. The number of morpholine rings is 1. The zero-order valence-electron chi connectivity index (χ0n) is 17.8. The van der Waals surface area contributed by atoms with Crippen LogP contribution in [0, 0.1) is 5.92 Å². The summed E-state index contributed by atoms with van der Waals surface area (Å²) in [7, 11) is 0. The van der Waals surface area contributed by atoms with Crippen LogP contribution in [0.1, 0.15) is 47.7 Å². The van der Waals surface area contributed by atoms with Gasteiger partial charge in [0, 0.05) is 18.5 Å². The molecule has 4 aliphatic rings.